The zero-order valence-electron chi connectivity index (χ0n) is 10.5. The van der Waals surface area contributed by atoms with Gasteiger partial charge in [-0.25, -0.2) is 4.39 Å². The quantitative estimate of drug-likeness (QED) is 0.915. The maximum Gasteiger partial charge on any atom is 0.130 e. The first-order chi connectivity index (χ1) is 9.09. The molecular formula is C16H14FNO. The Labute approximate surface area is 111 Å². The first-order valence-electron chi connectivity index (χ1n) is 6.02. The van der Waals surface area contributed by atoms with E-state index in [1.165, 1.54) is 18.2 Å². The van der Waals surface area contributed by atoms with Crippen LogP contribution in [0.5, 0.6) is 0 Å². The van der Waals surface area contributed by atoms with Crippen LogP contribution in [0.25, 0.3) is 0 Å². The topological polar surface area (TPSA) is 44.0 Å². The van der Waals surface area contributed by atoms with E-state index in [4.69, 9.17) is 5.26 Å². The molecule has 19 heavy (non-hydrogen) atoms. The van der Waals surface area contributed by atoms with E-state index < -0.39 is 17.3 Å². The molecule has 0 heterocycles. The molecule has 0 aliphatic heterocycles. The van der Waals surface area contributed by atoms with E-state index in [9.17, 15) is 9.50 Å². The molecule has 2 aromatic rings. The van der Waals surface area contributed by atoms with Crippen LogP contribution in [0.4, 0.5) is 4.39 Å². The number of aliphatic hydroxyl groups is 1. The van der Waals surface area contributed by atoms with Gasteiger partial charge in [-0.2, -0.15) is 5.26 Å². The Balaban J connectivity index is 2.63. The smallest absolute Gasteiger partial charge is 0.130 e. The number of nitriles is 1. The minimum Gasteiger partial charge on any atom is -0.379 e. The fraction of sp³-hybridized carbons (Fsp3) is 0.188. The minimum atomic E-state index is -1.52. The maximum atomic E-state index is 13.4. The zero-order valence-corrected chi connectivity index (χ0v) is 10.5. The molecule has 0 saturated heterocycles. The average molecular weight is 255 g/mol. The Kier molecular flexibility index (Phi) is 3.64. The first kappa shape index (κ1) is 13.3. The fourth-order valence-electron chi connectivity index (χ4n) is 2.18. The van der Waals surface area contributed by atoms with Crippen LogP contribution in [0.1, 0.15) is 18.1 Å². The zero-order chi connectivity index (χ0) is 13.9. The van der Waals surface area contributed by atoms with Gasteiger partial charge in [0.2, 0.25) is 0 Å². The minimum absolute atomic E-state index is 0.382. The molecule has 96 valence electrons. The van der Waals surface area contributed by atoms with Gasteiger partial charge in [0.25, 0.3) is 0 Å². The van der Waals surface area contributed by atoms with Crippen molar-refractivity contribution in [2.75, 3.05) is 0 Å². The maximum absolute atomic E-state index is 13.4. The Hall–Kier alpha value is -2.18. The lowest BCUT2D eigenvalue weighted by atomic mass is 9.77. The summed E-state index contributed by atoms with van der Waals surface area (Å²) in [7, 11) is 0. The number of halogens is 1. The van der Waals surface area contributed by atoms with Crippen molar-refractivity contribution in [2.45, 2.75) is 12.5 Å². The number of hydrogen-bond acceptors (Lipinski definition) is 2. The summed E-state index contributed by atoms with van der Waals surface area (Å²) >= 11 is 0. The van der Waals surface area contributed by atoms with Crippen molar-refractivity contribution >= 4 is 0 Å². The van der Waals surface area contributed by atoms with E-state index in [1.54, 1.807) is 37.3 Å². The normalized spacial score (nSPS) is 15.3. The Morgan fingerprint density at radius 2 is 1.74 bits per heavy atom. The average Bonchev–Trinajstić information content (AvgIpc) is 2.46. The van der Waals surface area contributed by atoms with Gasteiger partial charge in [-0.15, -0.1) is 0 Å². The summed E-state index contributed by atoms with van der Waals surface area (Å²) in [4.78, 5) is 0. The molecule has 1 N–H and O–H groups in total. The van der Waals surface area contributed by atoms with E-state index >= 15 is 0 Å². The largest absolute Gasteiger partial charge is 0.379 e. The number of hydrogen-bond donors (Lipinski definition) is 1. The molecule has 0 saturated carbocycles. The summed E-state index contributed by atoms with van der Waals surface area (Å²) in [5.41, 5.74) is -0.555. The van der Waals surface area contributed by atoms with Gasteiger partial charge in [0, 0.05) is 0 Å². The molecule has 0 aromatic heterocycles. The lowest BCUT2D eigenvalue weighted by molar-refractivity contribution is 0.0460. The molecule has 3 heteroatoms. The third-order valence-corrected chi connectivity index (χ3v) is 3.30. The lowest BCUT2D eigenvalue weighted by Gasteiger charge is -2.31. The molecule has 0 radical (unpaired) electrons. The van der Waals surface area contributed by atoms with Gasteiger partial charge in [-0.05, 0) is 30.2 Å². The first-order valence-corrected chi connectivity index (χ1v) is 6.02. The monoisotopic (exact) mass is 255 g/mol. The van der Waals surface area contributed by atoms with Gasteiger partial charge in [0.05, 0.1) is 12.0 Å². The highest BCUT2D eigenvalue weighted by Gasteiger charge is 2.38. The third kappa shape index (κ3) is 2.35. The van der Waals surface area contributed by atoms with Crippen LogP contribution in [0, 0.1) is 23.1 Å². The number of rotatable bonds is 3. The van der Waals surface area contributed by atoms with Crippen molar-refractivity contribution in [1.29, 1.82) is 5.26 Å². The van der Waals surface area contributed by atoms with Crippen molar-refractivity contribution < 1.29 is 9.50 Å². The van der Waals surface area contributed by atoms with Crippen molar-refractivity contribution in [2.24, 2.45) is 5.92 Å². The molecule has 2 aromatic carbocycles. The molecule has 0 bridgehead atoms. The summed E-state index contributed by atoms with van der Waals surface area (Å²) in [5.74, 6) is -1.13. The van der Waals surface area contributed by atoms with Crippen LogP contribution in [0.15, 0.2) is 54.6 Å². The molecule has 0 aliphatic carbocycles. The Morgan fingerprint density at radius 1 is 1.11 bits per heavy atom. The van der Waals surface area contributed by atoms with Crippen LogP contribution in [-0.2, 0) is 5.60 Å². The predicted octanol–water partition coefficient (Wildman–Crippen LogP) is 3.22. The highest BCUT2D eigenvalue weighted by atomic mass is 19.1. The van der Waals surface area contributed by atoms with E-state index in [1.807, 2.05) is 12.1 Å². The van der Waals surface area contributed by atoms with Gasteiger partial charge >= 0.3 is 0 Å². The van der Waals surface area contributed by atoms with Crippen LogP contribution < -0.4 is 0 Å². The molecule has 2 atom stereocenters. The van der Waals surface area contributed by atoms with E-state index in [0.29, 0.717) is 11.1 Å². The predicted molar refractivity (Wildman–Crippen MR) is 70.6 cm³/mol. The van der Waals surface area contributed by atoms with Crippen LogP contribution in [0.2, 0.25) is 0 Å². The highest BCUT2D eigenvalue weighted by Crippen LogP contribution is 2.36. The van der Waals surface area contributed by atoms with Crippen molar-refractivity contribution in [1.82, 2.24) is 0 Å². The van der Waals surface area contributed by atoms with E-state index in [0.717, 1.165) is 0 Å². The second-order valence-electron chi connectivity index (χ2n) is 4.49. The third-order valence-electron chi connectivity index (χ3n) is 3.30. The fourth-order valence-corrected chi connectivity index (χ4v) is 2.18. The Bertz CT molecular complexity index is 606. The van der Waals surface area contributed by atoms with Crippen molar-refractivity contribution in [3.63, 3.8) is 0 Å². The second kappa shape index (κ2) is 5.21. The molecule has 2 rings (SSSR count). The SMILES string of the molecule is CC(C#N)C(O)(c1ccccc1)c1cccc(F)c1. The molecule has 2 unspecified atom stereocenters. The summed E-state index contributed by atoms with van der Waals surface area (Å²) in [6.45, 7) is 1.62. The van der Waals surface area contributed by atoms with Gasteiger partial charge in [-0.3, -0.25) is 0 Å². The second-order valence-corrected chi connectivity index (χ2v) is 4.49. The Morgan fingerprint density at radius 3 is 2.32 bits per heavy atom. The summed E-state index contributed by atoms with van der Waals surface area (Å²) < 4.78 is 13.4. The van der Waals surface area contributed by atoms with E-state index in [-0.39, 0.29) is 0 Å². The van der Waals surface area contributed by atoms with Gasteiger partial charge < -0.3 is 5.11 Å². The van der Waals surface area contributed by atoms with Gasteiger partial charge in [0.1, 0.15) is 11.4 Å². The molecule has 0 aliphatic rings. The molecular weight excluding hydrogens is 241 g/mol. The van der Waals surface area contributed by atoms with Crippen LogP contribution >= 0.6 is 0 Å². The number of nitrogens with zero attached hydrogens (tertiary/aromatic N) is 1. The molecule has 0 spiro atoms. The summed E-state index contributed by atoms with van der Waals surface area (Å²) in [6, 6.07) is 16.6. The highest BCUT2D eigenvalue weighted by molar-refractivity contribution is 5.38. The van der Waals surface area contributed by atoms with Crippen LogP contribution in [0.3, 0.4) is 0 Å². The van der Waals surface area contributed by atoms with E-state index in [2.05, 4.69) is 0 Å². The van der Waals surface area contributed by atoms with Crippen molar-refractivity contribution in [3.05, 3.63) is 71.5 Å². The van der Waals surface area contributed by atoms with Gasteiger partial charge in [0.15, 0.2) is 0 Å². The molecule has 2 nitrogen and oxygen atoms in total. The standard InChI is InChI=1S/C16H14FNO/c1-12(11-18)16(19,13-6-3-2-4-7-13)14-8-5-9-15(17)10-14/h2-10,12,19H,1H3. The van der Waals surface area contributed by atoms with Crippen LogP contribution in [-0.4, -0.2) is 5.11 Å². The molecule has 0 fully saturated rings. The summed E-state index contributed by atoms with van der Waals surface area (Å²) in [6.07, 6.45) is 0. The summed E-state index contributed by atoms with van der Waals surface area (Å²) in [5, 5.41) is 20.1. The lowest BCUT2D eigenvalue weighted by Crippen LogP contribution is -2.34. The van der Waals surface area contributed by atoms with Gasteiger partial charge in [-0.1, -0.05) is 42.5 Å². The molecule has 0 amide bonds. The van der Waals surface area contributed by atoms with Crippen molar-refractivity contribution in [3.8, 4) is 6.07 Å². The number of benzene rings is 2.